The number of hydrogen-bond acceptors (Lipinski definition) is 3. The van der Waals surface area contributed by atoms with Crippen molar-refractivity contribution >= 4 is 5.78 Å². The second-order valence-corrected chi connectivity index (χ2v) is 6.75. The number of ketones is 1. The average Bonchev–Trinajstić information content (AvgIpc) is 3.03. The first-order valence-electron chi connectivity index (χ1n) is 7.94. The molecule has 0 N–H and O–H groups in total. The molecule has 0 amide bonds. The van der Waals surface area contributed by atoms with Crippen LogP contribution in [0.25, 0.3) is 0 Å². The van der Waals surface area contributed by atoms with E-state index in [-0.39, 0.29) is 13.2 Å². The molecule has 2 rings (SSSR count). The summed E-state index contributed by atoms with van der Waals surface area (Å²) in [5.41, 5.74) is 0. The topological polar surface area (TPSA) is 35.5 Å². The Balaban J connectivity index is 2.49. The molecule has 1 aliphatic heterocycles. The Labute approximate surface area is 158 Å². The van der Waals surface area contributed by atoms with Gasteiger partial charge < -0.3 is 9.47 Å². The van der Waals surface area contributed by atoms with Crippen molar-refractivity contribution in [1.29, 1.82) is 0 Å². The van der Waals surface area contributed by atoms with Gasteiger partial charge in [0, 0.05) is 19.3 Å². The lowest BCUT2D eigenvalue weighted by molar-refractivity contribution is -0.443. The van der Waals surface area contributed by atoms with Crippen LogP contribution in [-0.2, 0) is 14.3 Å². The highest BCUT2D eigenvalue weighted by Gasteiger charge is 2.91. The third-order valence-corrected chi connectivity index (χ3v) is 4.86. The Hall–Kier alpha value is -1.32. The Morgan fingerprint density at radius 1 is 0.700 bits per heavy atom. The van der Waals surface area contributed by atoms with Gasteiger partial charge in [0.25, 0.3) is 0 Å². The molecule has 0 bridgehead atoms. The number of rotatable bonds is 5. The predicted octanol–water partition coefficient (Wildman–Crippen LogP) is 4.84. The average molecular weight is 474 g/mol. The Kier molecular flexibility index (Phi) is 5.69. The molecule has 1 saturated carbocycles. The molecule has 1 atom stereocenters. The van der Waals surface area contributed by atoms with E-state index in [0.717, 1.165) is 0 Å². The van der Waals surface area contributed by atoms with Crippen LogP contribution in [0.5, 0.6) is 0 Å². The third-order valence-electron chi connectivity index (χ3n) is 4.86. The molecule has 0 aromatic carbocycles. The van der Waals surface area contributed by atoms with E-state index in [2.05, 4.69) is 0 Å². The highest BCUT2D eigenvalue weighted by molar-refractivity contribution is 5.83. The van der Waals surface area contributed by atoms with Crippen LogP contribution in [0.2, 0.25) is 0 Å². The molecule has 1 heterocycles. The van der Waals surface area contributed by atoms with Crippen LogP contribution < -0.4 is 0 Å². The van der Waals surface area contributed by atoms with E-state index in [1.54, 1.807) is 0 Å². The summed E-state index contributed by atoms with van der Waals surface area (Å²) in [5, 5.41) is 0. The van der Waals surface area contributed by atoms with Crippen LogP contribution in [0.4, 0.5) is 57.1 Å². The fourth-order valence-electron chi connectivity index (χ4n) is 3.10. The van der Waals surface area contributed by atoms with Gasteiger partial charge in [-0.15, -0.1) is 0 Å². The van der Waals surface area contributed by atoms with Gasteiger partial charge >= 0.3 is 35.8 Å². The number of Topliss-reactive ketones (excluding diaryl/α,β-unsaturated/α-hetero) is 1. The molecule has 0 aromatic heterocycles. The van der Waals surface area contributed by atoms with Crippen molar-refractivity contribution in [2.45, 2.75) is 60.8 Å². The molecule has 16 heteroatoms. The van der Waals surface area contributed by atoms with Gasteiger partial charge in [-0.05, 0) is 0 Å². The summed E-state index contributed by atoms with van der Waals surface area (Å²) in [4.78, 5) is 11.7. The van der Waals surface area contributed by atoms with Crippen LogP contribution in [-0.4, -0.2) is 60.6 Å². The minimum absolute atomic E-state index is 0.283. The quantitative estimate of drug-likeness (QED) is 0.536. The van der Waals surface area contributed by atoms with Crippen LogP contribution in [0, 0.1) is 5.92 Å². The van der Waals surface area contributed by atoms with Crippen LogP contribution >= 0.6 is 0 Å². The van der Waals surface area contributed by atoms with E-state index in [1.165, 1.54) is 0 Å². The van der Waals surface area contributed by atoms with E-state index in [1.807, 2.05) is 0 Å². The van der Waals surface area contributed by atoms with Gasteiger partial charge in [-0.3, -0.25) is 4.79 Å². The first-order valence-corrected chi connectivity index (χ1v) is 7.94. The fourth-order valence-corrected chi connectivity index (χ4v) is 3.10. The maximum atomic E-state index is 14.3. The van der Waals surface area contributed by atoms with Gasteiger partial charge in [0.15, 0.2) is 5.79 Å². The zero-order valence-electron chi connectivity index (χ0n) is 14.3. The summed E-state index contributed by atoms with van der Waals surface area (Å²) >= 11 is 0. The van der Waals surface area contributed by atoms with Crippen LogP contribution in [0.15, 0.2) is 0 Å². The predicted molar refractivity (Wildman–Crippen MR) is 67.8 cm³/mol. The lowest BCUT2D eigenvalue weighted by atomic mass is 9.76. The van der Waals surface area contributed by atoms with E-state index in [0.29, 0.717) is 0 Å². The van der Waals surface area contributed by atoms with Gasteiger partial charge in [0.2, 0.25) is 0 Å². The van der Waals surface area contributed by atoms with Gasteiger partial charge in [-0.25, -0.2) is 0 Å². The second-order valence-electron chi connectivity index (χ2n) is 6.75. The van der Waals surface area contributed by atoms with Crippen molar-refractivity contribution in [3.8, 4) is 0 Å². The summed E-state index contributed by atoms with van der Waals surface area (Å²) in [6.45, 7) is -0.566. The van der Waals surface area contributed by atoms with Crippen molar-refractivity contribution in [3.63, 3.8) is 0 Å². The van der Waals surface area contributed by atoms with Crippen molar-refractivity contribution in [3.05, 3.63) is 0 Å². The monoisotopic (exact) mass is 474 g/mol. The molecule has 1 saturated heterocycles. The summed E-state index contributed by atoms with van der Waals surface area (Å²) in [6, 6.07) is 0. The standard InChI is InChI=1S/C14H11F13O3/c15-9(16,6-5-8(2-1-7(6)28)29-3-4-30-8)10(17,18)11(19,20)12(21,22)13(23,24)14(25,26)27/h6H,1-5H2. The molecule has 30 heavy (non-hydrogen) atoms. The fraction of sp³-hybridized carbons (Fsp3) is 0.929. The van der Waals surface area contributed by atoms with E-state index < -0.39 is 72.5 Å². The number of alkyl halides is 13. The zero-order valence-corrected chi connectivity index (χ0v) is 14.3. The van der Waals surface area contributed by atoms with Gasteiger partial charge in [0.05, 0.1) is 19.1 Å². The normalized spacial score (nSPS) is 24.6. The highest BCUT2D eigenvalue weighted by Crippen LogP contribution is 2.62. The van der Waals surface area contributed by atoms with Crippen LogP contribution in [0.1, 0.15) is 19.3 Å². The minimum Gasteiger partial charge on any atom is -0.347 e. The molecule has 1 aliphatic carbocycles. The van der Waals surface area contributed by atoms with Crippen molar-refractivity contribution in [2.75, 3.05) is 13.2 Å². The van der Waals surface area contributed by atoms with Crippen LogP contribution in [0.3, 0.4) is 0 Å². The third kappa shape index (κ3) is 3.24. The molecule has 1 unspecified atom stereocenters. The largest absolute Gasteiger partial charge is 0.460 e. The molecule has 1 spiro atoms. The van der Waals surface area contributed by atoms with Gasteiger partial charge in [-0.1, -0.05) is 0 Å². The molecular weight excluding hydrogens is 463 g/mol. The number of halogens is 13. The van der Waals surface area contributed by atoms with Gasteiger partial charge in [0.1, 0.15) is 5.78 Å². The Morgan fingerprint density at radius 2 is 1.13 bits per heavy atom. The van der Waals surface area contributed by atoms with Gasteiger partial charge in [-0.2, -0.15) is 57.1 Å². The summed E-state index contributed by atoms with van der Waals surface area (Å²) < 4.78 is 182. The number of hydrogen-bond donors (Lipinski definition) is 0. The number of carbonyl (C=O) groups excluding carboxylic acids is 1. The first-order chi connectivity index (χ1) is 13.2. The lowest BCUT2D eigenvalue weighted by Crippen LogP contribution is -2.71. The maximum absolute atomic E-state index is 14.3. The first kappa shape index (κ1) is 24.9. The molecule has 2 aliphatic rings. The molecule has 176 valence electrons. The zero-order chi connectivity index (χ0) is 23.6. The Bertz CT molecular complexity index is 679. The molecule has 3 nitrogen and oxygen atoms in total. The lowest BCUT2D eigenvalue weighted by Gasteiger charge is -2.44. The smallest absolute Gasteiger partial charge is 0.347 e. The van der Waals surface area contributed by atoms with E-state index in [4.69, 9.17) is 9.47 Å². The SMILES string of the molecule is O=C1CCC2(CC1C(F)(F)C(F)(F)C(F)(F)C(F)(F)C(F)(F)C(F)(F)F)OCCO2. The van der Waals surface area contributed by atoms with Crippen molar-refractivity contribution in [1.82, 2.24) is 0 Å². The van der Waals surface area contributed by atoms with E-state index >= 15 is 0 Å². The summed E-state index contributed by atoms with van der Waals surface area (Å²) in [6.07, 6.45) is -10.5. The summed E-state index contributed by atoms with van der Waals surface area (Å²) in [7, 11) is 0. The summed E-state index contributed by atoms with van der Waals surface area (Å²) in [5.74, 6) is -45.2. The molecule has 2 fully saturated rings. The Morgan fingerprint density at radius 3 is 1.57 bits per heavy atom. The second kappa shape index (κ2) is 6.84. The van der Waals surface area contributed by atoms with Crippen molar-refractivity contribution in [2.24, 2.45) is 5.92 Å². The minimum atomic E-state index is -8.00. The molecule has 0 aromatic rings. The molecule has 0 radical (unpaired) electrons. The number of carbonyl (C=O) groups is 1. The number of ether oxygens (including phenoxy) is 2. The van der Waals surface area contributed by atoms with Crippen molar-refractivity contribution < 1.29 is 71.3 Å². The maximum Gasteiger partial charge on any atom is 0.460 e. The van der Waals surface area contributed by atoms with E-state index in [9.17, 15) is 61.9 Å². The highest BCUT2D eigenvalue weighted by atomic mass is 19.4. The molecular formula is C14H11F13O3.